The summed E-state index contributed by atoms with van der Waals surface area (Å²) < 4.78 is 20.7. The van der Waals surface area contributed by atoms with Gasteiger partial charge in [0.05, 0.1) is 17.2 Å². The maximum Gasteiger partial charge on any atom is 0.324 e. The molecule has 2 aromatic carbocycles. The standard InChI is InChI=1S/C29H33Cl2FN2O4/c1-28(2,3)14-23-29(19-12-21(32)20(31)13-22(19)38-27(29)37)24(15-5-4-6-16(30)11-15)25(34-23)26(36)33-17-7-9-18(35)10-8-17/h4-6,11-13,17-18,23-25,34-35H,7-10,14H2,1-3H3,(H,33,36). The maximum atomic E-state index is 15.0. The number of rotatable bonds is 4. The SMILES string of the molecule is CC(C)(C)CC1NC(C(=O)NC2CCC(O)CC2)C(c2cccc(Cl)c2)C12C(=O)Oc1cc(Cl)c(F)cc12. The average molecular weight is 563 g/mol. The molecule has 4 unspecified atom stereocenters. The van der Waals surface area contributed by atoms with Gasteiger partial charge >= 0.3 is 5.97 Å². The van der Waals surface area contributed by atoms with Crippen LogP contribution in [0.4, 0.5) is 4.39 Å². The number of amides is 1. The molecular formula is C29H33Cl2FN2O4. The van der Waals surface area contributed by atoms with Crippen molar-refractivity contribution in [3.8, 4) is 5.75 Å². The first kappa shape index (κ1) is 27.4. The molecule has 9 heteroatoms. The average Bonchev–Trinajstić information content (AvgIpc) is 3.30. The Morgan fingerprint density at radius 3 is 2.55 bits per heavy atom. The molecule has 1 saturated carbocycles. The molecule has 1 saturated heterocycles. The Kier molecular flexibility index (Phi) is 7.27. The van der Waals surface area contributed by atoms with Crippen molar-refractivity contribution < 1.29 is 23.8 Å². The fraction of sp³-hybridized carbons (Fsp3) is 0.517. The zero-order valence-corrected chi connectivity index (χ0v) is 23.2. The van der Waals surface area contributed by atoms with Crippen LogP contribution in [0.3, 0.4) is 0 Å². The van der Waals surface area contributed by atoms with Gasteiger partial charge in [0.1, 0.15) is 17.0 Å². The summed E-state index contributed by atoms with van der Waals surface area (Å²) in [6, 6.07) is 8.29. The molecule has 2 heterocycles. The van der Waals surface area contributed by atoms with Crippen molar-refractivity contribution in [2.45, 2.75) is 88.4 Å². The predicted octanol–water partition coefficient (Wildman–Crippen LogP) is 5.27. The third-order valence-corrected chi connectivity index (χ3v) is 8.64. The van der Waals surface area contributed by atoms with Gasteiger partial charge in [-0.1, -0.05) is 56.1 Å². The molecule has 38 heavy (non-hydrogen) atoms. The smallest absolute Gasteiger partial charge is 0.324 e. The highest BCUT2D eigenvalue weighted by molar-refractivity contribution is 6.31. The van der Waals surface area contributed by atoms with Crippen molar-refractivity contribution in [1.82, 2.24) is 10.6 Å². The lowest BCUT2D eigenvalue weighted by Crippen LogP contribution is -2.49. The molecule has 1 spiro atoms. The molecule has 0 aromatic heterocycles. The van der Waals surface area contributed by atoms with E-state index >= 15 is 0 Å². The van der Waals surface area contributed by atoms with E-state index in [4.69, 9.17) is 27.9 Å². The highest BCUT2D eigenvalue weighted by atomic mass is 35.5. The van der Waals surface area contributed by atoms with Gasteiger partial charge in [0, 0.05) is 34.7 Å². The van der Waals surface area contributed by atoms with Crippen molar-refractivity contribution in [1.29, 1.82) is 0 Å². The van der Waals surface area contributed by atoms with E-state index in [2.05, 4.69) is 31.4 Å². The van der Waals surface area contributed by atoms with Crippen LogP contribution in [-0.4, -0.2) is 41.2 Å². The Morgan fingerprint density at radius 1 is 1.18 bits per heavy atom. The van der Waals surface area contributed by atoms with Crippen molar-refractivity contribution >= 4 is 35.1 Å². The third kappa shape index (κ3) is 4.83. The van der Waals surface area contributed by atoms with Crippen LogP contribution in [0.1, 0.15) is 69.9 Å². The van der Waals surface area contributed by atoms with Crippen LogP contribution < -0.4 is 15.4 Å². The lowest BCUT2D eigenvalue weighted by molar-refractivity contribution is -0.139. The first-order chi connectivity index (χ1) is 17.9. The largest absolute Gasteiger partial charge is 0.425 e. The van der Waals surface area contributed by atoms with E-state index in [-0.39, 0.29) is 34.2 Å². The molecule has 1 aliphatic carbocycles. The first-order valence-corrected chi connectivity index (χ1v) is 13.9. The van der Waals surface area contributed by atoms with E-state index in [0.717, 1.165) is 0 Å². The molecular weight excluding hydrogens is 530 g/mol. The van der Waals surface area contributed by atoms with E-state index in [9.17, 15) is 19.1 Å². The number of hydrogen-bond acceptors (Lipinski definition) is 5. The number of halogens is 3. The summed E-state index contributed by atoms with van der Waals surface area (Å²) in [4.78, 5) is 28.0. The van der Waals surface area contributed by atoms with Gasteiger partial charge in [-0.25, -0.2) is 4.39 Å². The second kappa shape index (κ2) is 10.1. The van der Waals surface area contributed by atoms with Crippen LogP contribution in [-0.2, 0) is 15.0 Å². The highest BCUT2D eigenvalue weighted by Gasteiger charge is 2.67. The Bertz CT molecular complexity index is 1260. The first-order valence-electron chi connectivity index (χ1n) is 13.1. The Labute approximate surface area is 232 Å². The third-order valence-electron chi connectivity index (χ3n) is 8.11. The Morgan fingerprint density at radius 2 is 1.89 bits per heavy atom. The van der Waals surface area contributed by atoms with E-state index in [1.165, 1.54) is 12.1 Å². The number of aliphatic hydroxyl groups is 1. The lowest BCUT2D eigenvalue weighted by atomic mass is 9.62. The maximum absolute atomic E-state index is 15.0. The van der Waals surface area contributed by atoms with Crippen LogP contribution in [0.15, 0.2) is 36.4 Å². The zero-order chi connectivity index (χ0) is 27.4. The fourth-order valence-corrected chi connectivity index (χ4v) is 6.86. The molecule has 2 aliphatic heterocycles. The number of carbonyl (C=O) groups is 2. The van der Waals surface area contributed by atoms with Gasteiger partial charge in [-0.2, -0.15) is 0 Å². The monoisotopic (exact) mass is 562 g/mol. The molecule has 1 amide bonds. The quantitative estimate of drug-likeness (QED) is 0.349. The van der Waals surface area contributed by atoms with Gasteiger partial charge in [-0.05, 0) is 61.3 Å². The number of fused-ring (bicyclic) bond motifs is 2. The minimum atomic E-state index is -1.39. The molecule has 0 radical (unpaired) electrons. The second-order valence-electron chi connectivity index (χ2n) is 12.0. The summed E-state index contributed by atoms with van der Waals surface area (Å²) in [6.07, 6.45) is 2.76. The van der Waals surface area contributed by atoms with Gasteiger partial charge in [-0.3, -0.25) is 9.59 Å². The van der Waals surface area contributed by atoms with Crippen molar-refractivity contribution in [3.63, 3.8) is 0 Å². The topological polar surface area (TPSA) is 87.7 Å². The summed E-state index contributed by atoms with van der Waals surface area (Å²) in [6.45, 7) is 6.17. The van der Waals surface area contributed by atoms with E-state index in [1.54, 1.807) is 18.2 Å². The van der Waals surface area contributed by atoms with Crippen LogP contribution in [0, 0.1) is 11.2 Å². The van der Waals surface area contributed by atoms with Crippen molar-refractivity contribution in [2.75, 3.05) is 0 Å². The minimum absolute atomic E-state index is 0.0793. The van der Waals surface area contributed by atoms with Gasteiger partial charge in [0.2, 0.25) is 5.91 Å². The predicted molar refractivity (Wildman–Crippen MR) is 144 cm³/mol. The fourth-order valence-electron chi connectivity index (χ4n) is 6.50. The number of benzene rings is 2. The minimum Gasteiger partial charge on any atom is -0.425 e. The number of ether oxygens (including phenoxy) is 1. The van der Waals surface area contributed by atoms with E-state index < -0.39 is 35.2 Å². The summed E-state index contributed by atoms with van der Waals surface area (Å²) in [5.74, 6) is -1.97. The molecule has 2 fully saturated rings. The van der Waals surface area contributed by atoms with Crippen LogP contribution in [0.5, 0.6) is 5.75 Å². The number of hydrogen-bond donors (Lipinski definition) is 3. The molecule has 2 aromatic rings. The normalized spacial score (nSPS) is 30.8. The van der Waals surface area contributed by atoms with Gasteiger partial charge in [-0.15, -0.1) is 0 Å². The zero-order valence-electron chi connectivity index (χ0n) is 21.7. The molecule has 4 atom stereocenters. The molecule has 3 aliphatic rings. The van der Waals surface area contributed by atoms with Gasteiger partial charge in [0.25, 0.3) is 0 Å². The molecule has 3 N–H and O–H groups in total. The van der Waals surface area contributed by atoms with Crippen LogP contribution >= 0.6 is 23.2 Å². The number of carbonyl (C=O) groups excluding carboxylic acids is 2. The molecule has 204 valence electrons. The highest BCUT2D eigenvalue weighted by Crippen LogP contribution is 2.57. The van der Waals surface area contributed by atoms with Gasteiger partial charge in [0.15, 0.2) is 0 Å². The second-order valence-corrected chi connectivity index (χ2v) is 12.9. The number of nitrogens with one attached hydrogen (secondary N) is 2. The molecule has 0 bridgehead atoms. The molecule has 6 nitrogen and oxygen atoms in total. The Hall–Kier alpha value is -2.19. The van der Waals surface area contributed by atoms with Crippen LogP contribution in [0.2, 0.25) is 10.0 Å². The summed E-state index contributed by atoms with van der Waals surface area (Å²) in [7, 11) is 0. The van der Waals surface area contributed by atoms with E-state index in [0.29, 0.717) is 48.3 Å². The van der Waals surface area contributed by atoms with Crippen molar-refractivity contribution in [3.05, 3.63) is 63.4 Å². The van der Waals surface area contributed by atoms with Gasteiger partial charge < -0.3 is 20.5 Å². The summed E-state index contributed by atoms with van der Waals surface area (Å²) in [5, 5.41) is 16.9. The number of esters is 1. The summed E-state index contributed by atoms with van der Waals surface area (Å²) >= 11 is 12.5. The lowest BCUT2D eigenvalue weighted by Gasteiger charge is -2.36. The summed E-state index contributed by atoms with van der Waals surface area (Å²) in [5.41, 5.74) is -0.556. The Balaban J connectivity index is 1.66. The molecule has 5 rings (SSSR count). The number of aliphatic hydroxyl groups excluding tert-OH is 1. The van der Waals surface area contributed by atoms with E-state index in [1.807, 2.05) is 6.07 Å². The van der Waals surface area contributed by atoms with Crippen LogP contribution in [0.25, 0.3) is 0 Å². The van der Waals surface area contributed by atoms with Crippen molar-refractivity contribution in [2.24, 2.45) is 5.41 Å².